The number of aromatic nitrogens is 3. The van der Waals surface area contributed by atoms with Crippen LogP contribution in [0.3, 0.4) is 0 Å². The van der Waals surface area contributed by atoms with E-state index in [2.05, 4.69) is 52.7 Å². The molecular formula is C16H31N5. The molecule has 2 rings (SSSR count). The molecule has 0 amide bonds. The van der Waals surface area contributed by atoms with Crippen LogP contribution < -0.4 is 5.32 Å². The molecule has 2 atom stereocenters. The smallest absolute Gasteiger partial charge is 0.141 e. The second-order valence-corrected chi connectivity index (χ2v) is 6.49. The molecule has 21 heavy (non-hydrogen) atoms. The van der Waals surface area contributed by atoms with Gasteiger partial charge in [-0.05, 0) is 53.1 Å². The van der Waals surface area contributed by atoms with Gasteiger partial charge in [0, 0.05) is 18.1 Å². The molecule has 0 radical (unpaired) electrons. The number of likely N-dealkylation sites (tertiary alicyclic amines) is 1. The summed E-state index contributed by atoms with van der Waals surface area (Å²) in [5.41, 5.74) is 0. The highest BCUT2D eigenvalue weighted by molar-refractivity contribution is 4.92. The quantitative estimate of drug-likeness (QED) is 0.839. The SMILES string of the molecule is CCCNC(C)C1CCCCN1Cc1ncnn1C(C)C. The number of piperidine rings is 1. The van der Waals surface area contributed by atoms with Gasteiger partial charge in [0.2, 0.25) is 0 Å². The van der Waals surface area contributed by atoms with Crippen molar-refractivity contribution in [3.63, 3.8) is 0 Å². The predicted octanol–water partition coefficient (Wildman–Crippen LogP) is 2.60. The molecule has 1 aliphatic rings. The van der Waals surface area contributed by atoms with Crippen LogP contribution in [0.15, 0.2) is 6.33 Å². The van der Waals surface area contributed by atoms with Crippen LogP contribution in [0.25, 0.3) is 0 Å². The van der Waals surface area contributed by atoms with Crippen LogP contribution in [0.4, 0.5) is 0 Å². The van der Waals surface area contributed by atoms with E-state index in [1.54, 1.807) is 6.33 Å². The first-order chi connectivity index (χ1) is 10.1. The van der Waals surface area contributed by atoms with E-state index in [1.807, 2.05) is 0 Å². The van der Waals surface area contributed by atoms with Gasteiger partial charge in [-0.2, -0.15) is 5.10 Å². The highest BCUT2D eigenvalue weighted by atomic mass is 15.4. The molecule has 0 bridgehead atoms. The molecule has 0 aliphatic carbocycles. The van der Waals surface area contributed by atoms with E-state index in [4.69, 9.17) is 0 Å². The molecule has 2 unspecified atom stereocenters. The number of hydrogen-bond donors (Lipinski definition) is 1. The maximum atomic E-state index is 4.48. The topological polar surface area (TPSA) is 46.0 Å². The summed E-state index contributed by atoms with van der Waals surface area (Å²) in [6.45, 7) is 12.1. The zero-order valence-corrected chi connectivity index (χ0v) is 14.0. The molecular weight excluding hydrogens is 262 g/mol. The Hall–Kier alpha value is -0.940. The van der Waals surface area contributed by atoms with Gasteiger partial charge >= 0.3 is 0 Å². The lowest BCUT2D eigenvalue weighted by Crippen LogP contribution is -2.51. The first-order valence-corrected chi connectivity index (χ1v) is 8.49. The Morgan fingerprint density at radius 1 is 1.33 bits per heavy atom. The van der Waals surface area contributed by atoms with E-state index < -0.39 is 0 Å². The molecule has 0 saturated carbocycles. The number of rotatable bonds is 7. The number of nitrogens with zero attached hydrogens (tertiary/aromatic N) is 4. The Morgan fingerprint density at radius 3 is 2.86 bits per heavy atom. The fourth-order valence-electron chi connectivity index (χ4n) is 3.29. The molecule has 0 aromatic carbocycles. The Labute approximate surface area is 129 Å². The standard InChI is InChI=1S/C16H31N5/c1-5-9-17-14(4)15-8-6-7-10-20(15)11-16-18-12-19-21(16)13(2)3/h12-15,17H,5-11H2,1-4H3. The highest BCUT2D eigenvalue weighted by Gasteiger charge is 2.28. The lowest BCUT2D eigenvalue weighted by atomic mass is 9.96. The third kappa shape index (κ3) is 4.27. The van der Waals surface area contributed by atoms with Gasteiger partial charge in [-0.25, -0.2) is 9.67 Å². The Kier molecular flexibility index (Phi) is 6.18. The van der Waals surface area contributed by atoms with Crippen molar-refractivity contribution in [2.24, 2.45) is 0 Å². The van der Waals surface area contributed by atoms with E-state index in [1.165, 1.54) is 32.2 Å². The van der Waals surface area contributed by atoms with E-state index in [0.717, 1.165) is 18.9 Å². The van der Waals surface area contributed by atoms with E-state index in [0.29, 0.717) is 18.1 Å². The van der Waals surface area contributed by atoms with Gasteiger partial charge in [-0.15, -0.1) is 0 Å². The zero-order valence-electron chi connectivity index (χ0n) is 14.0. The van der Waals surface area contributed by atoms with Gasteiger partial charge < -0.3 is 5.32 Å². The van der Waals surface area contributed by atoms with Gasteiger partial charge in [0.15, 0.2) is 0 Å². The van der Waals surface area contributed by atoms with Crippen LogP contribution in [-0.4, -0.2) is 44.8 Å². The fraction of sp³-hybridized carbons (Fsp3) is 0.875. The summed E-state index contributed by atoms with van der Waals surface area (Å²) in [5, 5.41) is 8.03. The monoisotopic (exact) mass is 293 g/mol. The van der Waals surface area contributed by atoms with Crippen LogP contribution >= 0.6 is 0 Å². The van der Waals surface area contributed by atoms with Crippen LogP contribution in [0.1, 0.15) is 65.2 Å². The highest BCUT2D eigenvalue weighted by Crippen LogP contribution is 2.22. The van der Waals surface area contributed by atoms with Crippen molar-refractivity contribution in [2.75, 3.05) is 13.1 Å². The molecule has 1 fully saturated rings. The molecule has 5 heteroatoms. The molecule has 0 spiro atoms. The van der Waals surface area contributed by atoms with Crippen LogP contribution in [0.2, 0.25) is 0 Å². The summed E-state index contributed by atoms with van der Waals surface area (Å²) in [6, 6.07) is 1.53. The molecule has 1 aliphatic heterocycles. The summed E-state index contributed by atoms with van der Waals surface area (Å²) >= 11 is 0. The Balaban J connectivity index is 2.03. The normalized spacial score (nSPS) is 21.9. The van der Waals surface area contributed by atoms with Gasteiger partial charge in [0.25, 0.3) is 0 Å². The van der Waals surface area contributed by atoms with Crippen molar-refractivity contribution in [1.29, 1.82) is 0 Å². The van der Waals surface area contributed by atoms with Gasteiger partial charge in [-0.3, -0.25) is 4.90 Å². The van der Waals surface area contributed by atoms with Crippen molar-refractivity contribution in [1.82, 2.24) is 25.0 Å². The molecule has 2 heterocycles. The number of hydrogen-bond acceptors (Lipinski definition) is 4. The summed E-state index contributed by atoms with van der Waals surface area (Å²) < 4.78 is 2.05. The minimum Gasteiger partial charge on any atom is -0.313 e. The third-order valence-electron chi connectivity index (χ3n) is 4.44. The van der Waals surface area contributed by atoms with Gasteiger partial charge in [0.05, 0.1) is 6.54 Å². The largest absolute Gasteiger partial charge is 0.313 e. The fourth-order valence-corrected chi connectivity index (χ4v) is 3.29. The predicted molar refractivity (Wildman–Crippen MR) is 86.2 cm³/mol. The van der Waals surface area contributed by atoms with Crippen LogP contribution in [-0.2, 0) is 6.54 Å². The summed E-state index contributed by atoms with van der Waals surface area (Å²) in [4.78, 5) is 7.07. The maximum Gasteiger partial charge on any atom is 0.141 e. The molecule has 5 nitrogen and oxygen atoms in total. The van der Waals surface area contributed by atoms with Crippen molar-refractivity contribution in [2.45, 2.75) is 78.0 Å². The molecule has 1 aromatic rings. The lowest BCUT2D eigenvalue weighted by molar-refractivity contribution is 0.106. The van der Waals surface area contributed by atoms with E-state index >= 15 is 0 Å². The van der Waals surface area contributed by atoms with Crippen molar-refractivity contribution < 1.29 is 0 Å². The molecule has 1 aromatic heterocycles. The van der Waals surface area contributed by atoms with Crippen molar-refractivity contribution in [3.05, 3.63) is 12.2 Å². The maximum absolute atomic E-state index is 4.48. The molecule has 120 valence electrons. The Bertz CT molecular complexity index is 415. The second kappa shape index (κ2) is 7.90. The van der Waals surface area contributed by atoms with Crippen molar-refractivity contribution >= 4 is 0 Å². The first kappa shape index (κ1) is 16.4. The average Bonchev–Trinajstić information content (AvgIpc) is 2.93. The first-order valence-electron chi connectivity index (χ1n) is 8.49. The second-order valence-electron chi connectivity index (χ2n) is 6.49. The summed E-state index contributed by atoms with van der Waals surface area (Å²) in [6.07, 6.45) is 6.81. The zero-order chi connectivity index (χ0) is 15.2. The number of nitrogens with one attached hydrogen (secondary N) is 1. The van der Waals surface area contributed by atoms with Crippen molar-refractivity contribution in [3.8, 4) is 0 Å². The summed E-state index contributed by atoms with van der Waals surface area (Å²) in [5.74, 6) is 1.10. The average molecular weight is 293 g/mol. The minimum absolute atomic E-state index is 0.376. The van der Waals surface area contributed by atoms with Gasteiger partial charge in [-0.1, -0.05) is 13.3 Å². The van der Waals surface area contributed by atoms with Crippen LogP contribution in [0.5, 0.6) is 0 Å². The Morgan fingerprint density at radius 2 is 2.14 bits per heavy atom. The summed E-state index contributed by atoms with van der Waals surface area (Å²) in [7, 11) is 0. The third-order valence-corrected chi connectivity index (χ3v) is 4.44. The van der Waals surface area contributed by atoms with Gasteiger partial charge in [0.1, 0.15) is 12.2 Å². The lowest BCUT2D eigenvalue weighted by Gasteiger charge is -2.39. The van der Waals surface area contributed by atoms with E-state index in [9.17, 15) is 0 Å². The minimum atomic E-state index is 0.376. The van der Waals surface area contributed by atoms with E-state index in [-0.39, 0.29) is 0 Å². The molecule has 1 N–H and O–H groups in total. The molecule has 1 saturated heterocycles. The van der Waals surface area contributed by atoms with Crippen LogP contribution in [0, 0.1) is 0 Å².